The summed E-state index contributed by atoms with van der Waals surface area (Å²) in [6.07, 6.45) is 5.98. The molecular weight excluding hydrogens is 258 g/mol. The van der Waals surface area contributed by atoms with Crippen LogP contribution in [-0.4, -0.2) is 36.1 Å². The molecular formula is C18H33N3. The molecule has 3 nitrogen and oxygen atoms in total. The zero-order valence-electron chi connectivity index (χ0n) is 14.4. The first-order valence-corrected chi connectivity index (χ1v) is 8.92. The molecule has 3 heteroatoms. The van der Waals surface area contributed by atoms with E-state index in [1.54, 1.807) is 0 Å². The summed E-state index contributed by atoms with van der Waals surface area (Å²) in [5.41, 5.74) is -0.245. The van der Waals surface area contributed by atoms with Crippen LogP contribution < -0.4 is 5.32 Å². The largest absolute Gasteiger partial charge is 0.300 e. The van der Waals surface area contributed by atoms with Crippen molar-refractivity contribution in [3.8, 4) is 6.07 Å². The van der Waals surface area contributed by atoms with Crippen LogP contribution in [-0.2, 0) is 0 Å². The fourth-order valence-electron chi connectivity index (χ4n) is 4.65. The Morgan fingerprint density at radius 3 is 2.76 bits per heavy atom. The highest BCUT2D eigenvalue weighted by Gasteiger charge is 2.42. The van der Waals surface area contributed by atoms with Gasteiger partial charge in [-0.1, -0.05) is 27.2 Å². The maximum Gasteiger partial charge on any atom is 0.109 e. The van der Waals surface area contributed by atoms with Crippen molar-refractivity contribution < 1.29 is 0 Å². The molecule has 0 amide bonds. The molecule has 2 aliphatic rings. The molecule has 1 aliphatic carbocycles. The number of nitriles is 1. The van der Waals surface area contributed by atoms with Gasteiger partial charge >= 0.3 is 0 Å². The van der Waals surface area contributed by atoms with Gasteiger partial charge in [0.15, 0.2) is 0 Å². The van der Waals surface area contributed by atoms with Crippen LogP contribution in [0.25, 0.3) is 0 Å². The molecule has 0 spiro atoms. The summed E-state index contributed by atoms with van der Waals surface area (Å²) in [7, 11) is 0. The zero-order valence-corrected chi connectivity index (χ0v) is 14.4. The van der Waals surface area contributed by atoms with Gasteiger partial charge in [-0.2, -0.15) is 5.26 Å². The normalized spacial score (nSPS) is 41.1. The summed E-state index contributed by atoms with van der Waals surface area (Å²) in [6.45, 7) is 12.6. The van der Waals surface area contributed by atoms with Crippen molar-refractivity contribution >= 4 is 0 Å². The van der Waals surface area contributed by atoms with E-state index in [0.717, 1.165) is 31.3 Å². The molecule has 0 radical (unpaired) electrons. The van der Waals surface area contributed by atoms with Gasteiger partial charge in [0.1, 0.15) is 5.54 Å². The predicted octanol–water partition coefficient (Wildman–Crippen LogP) is 3.41. The molecule has 0 aromatic carbocycles. The first-order chi connectivity index (χ1) is 10.0. The van der Waals surface area contributed by atoms with Crippen LogP contribution in [0.15, 0.2) is 0 Å². The Bertz CT molecular complexity index is 375. The van der Waals surface area contributed by atoms with Gasteiger partial charge in [0.2, 0.25) is 0 Å². The summed E-state index contributed by atoms with van der Waals surface area (Å²) in [5.74, 6) is 2.14. The molecule has 1 aliphatic heterocycles. The quantitative estimate of drug-likeness (QED) is 0.843. The van der Waals surface area contributed by atoms with Crippen molar-refractivity contribution in [2.24, 2.45) is 17.8 Å². The first-order valence-electron chi connectivity index (χ1n) is 8.92. The zero-order chi connectivity index (χ0) is 15.5. The Morgan fingerprint density at radius 2 is 2.10 bits per heavy atom. The van der Waals surface area contributed by atoms with E-state index in [1.807, 2.05) is 0 Å². The van der Waals surface area contributed by atoms with E-state index < -0.39 is 0 Å². The number of piperidine rings is 1. The van der Waals surface area contributed by atoms with Crippen LogP contribution in [0.5, 0.6) is 0 Å². The van der Waals surface area contributed by atoms with Crippen molar-refractivity contribution in [2.75, 3.05) is 19.6 Å². The molecule has 21 heavy (non-hydrogen) atoms. The van der Waals surface area contributed by atoms with Crippen LogP contribution in [0.4, 0.5) is 0 Å². The van der Waals surface area contributed by atoms with Crippen molar-refractivity contribution in [1.82, 2.24) is 10.2 Å². The maximum atomic E-state index is 9.67. The third kappa shape index (κ3) is 3.60. The van der Waals surface area contributed by atoms with Crippen molar-refractivity contribution in [3.05, 3.63) is 0 Å². The molecule has 1 N–H and O–H groups in total. The Kier molecular flexibility index (Phi) is 5.68. The van der Waals surface area contributed by atoms with Gasteiger partial charge in [0.25, 0.3) is 0 Å². The van der Waals surface area contributed by atoms with Crippen LogP contribution in [0.3, 0.4) is 0 Å². The SMILES string of the molecule is CCNC1(C#N)CCCC1CCN1CC(C)CC(C)C1C. The molecule has 5 atom stereocenters. The maximum absolute atomic E-state index is 9.67. The second kappa shape index (κ2) is 7.11. The minimum atomic E-state index is -0.245. The fraction of sp³-hybridized carbons (Fsp3) is 0.944. The fourth-order valence-corrected chi connectivity index (χ4v) is 4.65. The molecule has 2 rings (SSSR count). The third-order valence-corrected chi connectivity index (χ3v) is 6.00. The molecule has 0 bridgehead atoms. The van der Waals surface area contributed by atoms with Gasteiger partial charge in [-0.05, 0) is 63.5 Å². The molecule has 1 saturated heterocycles. The summed E-state index contributed by atoms with van der Waals surface area (Å²) in [4.78, 5) is 2.67. The Morgan fingerprint density at radius 1 is 1.33 bits per heavy atom. The second-order valence-corrected chi connectivity index (χ2v) is 7.55. The summed E-state index contributed by atoms with van der Waals surface area (Å²) < 4.78 is 0. The summed E-state index contributed by atoms with van der Waals surface area (Å²) in [6, 6.07) is 3.31. The van der Waals surface area contributed by atoms with Crippen LogP contribution in [0.1, 0.15) is 59.8 Å². The molecule has 0 aromatic rings. The van der Waals surface area contributed by atoms with E-state index in [0.29, 0.717) is 12.0 Å². The standard InChI is InChI=1S/C18H33N3/c1-5-20-18(13-19)9-6-7-17(18)8-10-21-12-14(2)11-15(3)16(21)4/h14-17,20H,5-12H2,1-4H3. The Balaban J connectivity index is 1.94. The van der Waals surface area contributed by atoms with E-state index in [4.69, 9.17) is 0 Å². The lowest BCUT2D eigenvalue weighted by molar-refractivity contribution is 0.0713. The van der Waals surface area contributed by atoms with Crippen molar-refractivity contribution in [2.45, 2.75) is 71.4 Å². The van der Waals surface area contributed by atoms with E-state index in [9.17, 15) is 5.26 Å². The topological polar surface area (TPSA) is 39.1 Å². The minimum absolute atomic E-state index is 0.245. The minimum Gasteiger partial charge on any atom is -0.300 e. The molecule has 1 heterocycles. The number of likely N-dealkylation sites (tertiary alicyclic amines) is 1. The lowest BCUT2D eigenvalue weighted by Gasteiger charge is -2.42. The average Bonchev–Trinajstić information content (AvgIpc) is 2.85. The smallest absolute Gasteiger partial charge is 0.109 e. The highest BCUT2D eigenvalue weighted by molar-refractivity contribution is 5.14. The second-order valence-electron chi connectivity index (χ2n) is 7.55. The van der Waals surface area contributed by atoms with Crippen LogP contribution in [0, 0.1) is 29.1 Å². The van der Waals surface area contributed by atoms with Gasteiger partial charge in [-0.15, -0.1) is 0 Å². The predicted molar refractivity (Wildman–Crippen MR) is 88.0 cm³/mol. The van der Waals surface area contributed by atoms with E-state index in [2.05, 4.69) is 44.0 Å². The van der Waals surface area contributed by atoms with Gasteiger partial charge in [0.05, 0.1) is 6.07 Å². The Labute approximate surface area is 131 Å². The molecule has 0 aromatic heterocycles. The highest BCUT2D eigenvalue weighted by Crippen LogP contribution is 2.38. The number of hydrogen-bond acceptors (Lipinski definition) is 3. The third-order valence-electron chi connectivity index (χ3n) is 6.00. The number of rotatable bonds is 5. The van der Waals surface area contributed by atoms with Crippen LogP contribution >= 0.6 is 0 Å². The summed E-state index contributed by atoms with van der Waals surface area (Å²) >= 11 is 0. The van der Waals surface area contributed by atoms with E-state index in [-0.39, 0.29) is 5.54 Å². The number of nitrogens with zero attached hydrogens (tertiary/aromatic N) is 2. The molecule has 1 saturated carbocycles. The van der Waals surface area contributed by atoms with Gasteiger partial charge in [-0.25, -0.2) is 0 Å². The first kappa shape index (κ1) is 16.8. The summed E-state index contributed by atoms with van der Waals surface area (Å²) in [5, 5.41) is 13.2. The average molecular weight is 291 g/mol. The van der Waals surface area contributed by atoms with Gasteiger partial charge in [0, 0.05) is 12.6 Å². The van der Waals surface area contributed by atoms with Gasteiger partial charge < -0.3 is 4.90 Å². The molecule has 120 valence electrons. The monoisotopic (exact) mass is 291 g/mol. The van der Waals surface area contributed by atoms with Crippen molar-refractivity contribution in [1.29, 1.82) is 5.26 Å². The lowest BCUT2D eigenvalue weighted by Crippen LogP contribution is -2.50. The van der Waals surface area contributed by atoms with Crippen molar-refractivity contribution in [3.63, 3.8) is 0 Å². The van der Waals surface area contributed by atoms with E-state index >= 15 is 0 Å². The van der Waals surface area contributed by atoms with Gasteiger partial charge in [-0.3, -0.25) is 5.32 Å². The van der Waals surface area contributed by atoms with Crippen LogP contribution in [0.2, 0.25) is 0 Å². The van der Waals surface area contributed by atoms with E-state index in [1.165, 1.54) is 32.2 Å². The highest BCUT2D eigenvalue weighted by atomic mass is 15.2. The molecule has 5 unspecified atom stereocenters. The lowest BCUT2D eigenvalue weighted by atomic mass is 9.83. The molecule has 2 fully saturated rings. The Hall–Kier alpha value is -0.590. The number of hydrogen-bond donors (Lipinski definition) is 1. The number of nitrogens with one attached hydrogen (secondary N) is 1.